The Hall–Kier alpha value is -2.44. The highest BCUT2D eigenvalue weighted by molar-refractivity contribution is 6.07. The number of carbonyl (C=O) groups excluding carboxylic acids is 1. The molecule has 0 aromatic heterocycles. The predicted molar refractivity (Wildman–Crippen MR) is 53.8 cm³/mol. The zero-order chi connectivity index (χ0) is 13.3. The van der Waals surface area contributed by atoms with Gasteiger partial charge in [0.05, 0.1) is 0 Å². The minimum absolute atomic E-state index is 0.0209. The van der Waals surface area contributed by atoms with Gasteiger partial charge in [-0.2, -0.15) is 0 Å². The number of hydrogen-bond donors (Lipinski definition) is 1. The molecule has 0 saturated carbocycles. The number of rotatable bonds is 3. The third kappa shape index (κ3) is 2.45. The second-order valence-electron chi connectivity index (χ2n) is 3.36. The number of carboxylic acids is 1. The summed E-state index contributed by atoms with van der Waals surface area (Å²) in [5, 5.41) is 8.35. The Balaban J connectivity index is 2.24. The SMILES string of the molecule is O=C(O)/C=C/C(=O)c1ccc2c(c1)OC(F)(F)O2. The van der Waals surface area contributed by atoms with E-state index in [4.69, 9.17) is 5.11 Å². The molecule has 1 aliphatic heterocycles. The van der Waals surface area contributed by atoms with Crippen LogP contribution >= 0.6 is 0 Å². The lowest BCUT2D eigenvalue weighted by molar-refractivity contribution is -0.286. The fourth-order valence-corrected chi connectivity index (χ4v) is 1.35. The Kier molecular flexibility index (Phi) is 2.74. The van der Waals surface area contributed by atoms with E-state index in [-0.39, 0.29) is 17.1 Å². The number of fused-ring (bicyclic) bond motifs is 1. The number of allylic oxidation sites excluding steroid dienone is 1. The number of halogens is 2. The lowest BCUT2D eigenvalue weighted by atomic mass is 10.1. The third-order valence-corrected chi connectivity index (χ3v) is 2.06. The van der Waals surface area contributed by atoms with Crippen LogP contribution in [0, 0.1) is 0 Å². The average molecular weight is 256 g/mol. The first-order valence-corrected chi connectivity index (χ1v) is 4.73. The van der Waals surface area contributed by atoms with Crippen molar-refractivity contribution < 1.29 is 33.0 Å². The molecule has 1 aromatic carbocycles. The van der Waals surface area contributed by atoms with Gasteiger partial charge >= 0.3 is 12.3 Å². The van der Waals surface area contributed by atoms with Crippen molar-refractivity contribution in [2.24, 2.45) is 0 Å². The molecule has 0 atom stereocenters. The van der Waals surface area contributed by atoms with E-state index in [1.165, 1.54) is 6.07 Å². The van der Waals surface area contributed by atoms with Gasteiger partial charge in [0.25, 0.3) is 0 Å². The van der Waals surface area contributed by atoms with Crippen LogP contribution in [0.4, 0.5) is 8.78 Å². The maximum atomic E-state index is 12.7. The summed E-state index contributed by atoms with van der Waals surface area (Å²) in [5.41, 5.74) is 0.0209. The van der Waals surface area contributed by atoms with E-state index < -0.39 is 18.0 Å². The minimum atomic E-state index is -3.75. The van der Waals surface area contributed by atoms with Crippen LogP contribution in [0.15, 0.2) is 30.4 Å². The number of aliphatic carboxylic acids is 1. The monoisotopic (exact) mass is 256 g/mol. The molecule has 0 fully saturated rings. The summed E-state index contributed by atoms with van der Waals surface area (Å²) < 4.78 is 33.7. The second kappa shape index (κ2) is 4.10. The number of ketones is 1. The molecule has 7 heteroatoms. The molecule has 1 aromatic rings. The van der Waals surface area contributed by atoms with Crippen LogP contribution in [0.3, 0.4) is 0 Å². The van der Waals surface area contributed by atoms with Crippen LogP contribution in [0.2, 0.25) is 0 Å². The minimum Gasteiger partial charge on any atom is -0.478 e. The molecule has 94 valence electrons. The first-order chi connectivity index (χ1) is 8.37. The molecule has 0 amide bonds. The van der Waals surface area contributed by atoms with E-state index in [0.29, 0.717) is 6.08 Å². The first-order valence-electron chi connectivity index (χ1n) is 4.73. The zero-order valence-electron chi connectivity index (χ0n) is 8.72. The predicted octanol–water partition coefficient (Wildman–Crippen LogP) is 1.83. The van der Waals surface area contributed by atoms with Gasteiger partial charge in [-0.15, -0.1) is 8.78 Å². The normalized spacial score (nSPS) is 15.9. The van der Waals surface area contributed by atoms with Gasteiger partial charge in [-0.3, -0.25) is 4.79 Å². The van der Waals surface area contributed by atoms with Crippen molar-refractivity contribution in [1.29, 1.82) is 0 Å². The number of ether oxygens (including phenoxy) is 2. The van der Waals surface area contributed by atoms with Crippen LogP contribution < -0.4 is 9.47 Å². The topological polar surface area (TPSA) is 72.8 Å². The Morgan fingerprint density at radius 2 is 1.83 bits per heavy atom. The second-order valence-corrected chi connectivity index (χ2v) is 3.36. The maximum Gasteiger partial charge on any atom is 0.586 e. The van der Waals surface area contributed by atoms with Gasteiger partial charge in [0.1, 0.15) is 0 Å². The molecular weight excluding hydrogens is 250 g/mol. The number of alkyl halides is 2. The summed E-state index contributed by atoms with van der Waals surface area (Å²) in [6.07, 6.45) is -2.28. The van der Waals surface area contributed by atoms with E-state index in [2.05, 4.69) is 9.47 Å². The molecule has 5 nitrogen and oxygen atoms in total. The Morgan fingerprint density at radius 1 is 1.17 bits per heavy atom. The highest BCUT2D eigenvalue weighted by Crippen LogP contribution is 2.41. The molecule has 18 heavy (non-hydrogen) atoms. The molecule has 0 spiro atoms. The number of benzene rings is 1. The van der Waals surface area contributed by atoms with Crippen molar-refractivity contribution in [2.75, 3.05) is 0 Å². The molecule has 1 aliphatic rings. The summed E-state index contributed by atoms with van der Waals surface area (Å²) in [5.74, 6) is -2.37. The van der Waals surface area contributed by atoms with E-state index in [1.54, 1.807) is 0 Å². The van der Waals surface area contributed by atoms with Crippen LogP contribution in [0.5, 0.6) is 11.5 Å². The van der Waals surface area contributed by atoms with Gasteiger partial charge in [-0.25, -0.2) is 4.79 Å². The Morgan fingerprint density at radius 3 is 2.50 bits per heavy atom. The fraction of sp³-hybridized carbons (Fsp3) is 0.0909. The van der Waals surface area contributed by atoms with Gasteiger partial charge in [0, 0.05) is 11.6 Å². The summed E-state index contributed by atoms with van der Waals surface area (Å²) in [7, 11) is 0. The van der Waals surface area contributed by atoms with Crippen molar-refractivity contribution >= 4 is 11.8 Å². The largest absolute Gasteiger partial charge is 0.586 e. The lowest BCUT2D eigenvalue weighted by Gasteiger charge is -2.04. The number of hydrogen-bond acceptors (Lipinski definition) is 4. The van der Waals surface area contributed by atoms with E-state index in [9.17, 15) is 18.4 Å². The lowest BCUT2D eigenvalue weighted by Crippen LogP contribution is -2.25. The van der Waals surface area contributed by atoms with E-state index in [0.717, 1.165) is 18.2 Å². The van der Waals surface area contributed by atoms with Crippen molar-refractivity contribution in [1.82, 2.24) is 0 Å². The standard InChI is InChI=1S/C11H6F2O5/c12-11(13)17-8-3-1-6(5-9(8)18-11)7(14)2-4-10(15)16/h1-5H,(H,15,16)/b4-2+. The molecule has 0 unspecified atom stereocenters. The van der Waals surface area contributed by atoms with Crippen molar-refractivity contribution in [3.05, 3.63) is 35.9 Å². The quantitative estimate of drug-likeness (QED) is 0.659. The summed E-state index contributed by atoms with van der Waals surface area (Å²) in [6, 6.07) is 3.45. The molecular formula is C11H6F2O5. The number of carboxylic acid groups (broad SMARTS) is 1. The summed E-state index contributed by atoms with van der Waals surface area (Å²) in [6.45, 7) is 0. The highest BCUT2D eigenvalue weighted by atomic mass is 19.3. The summed E-state index contributed by atoms with van der Waals surface area (Å²) in [4.78, 5) is 21.7. The summed E-state index contributed by atoms with van der Waals surface area (Å²) >= 11 is 0. The average Bonchev–Trinajstić information content (AvgIpc) is 2.58. The van der Waals surface area contributed by atoms with Crippen molar-refractivity contribution in [2.45, 2.75) is 6.29 Å². The van der Waals surface area contributed by atoms with Crippen LogP contribution in [-0.4, -0.2) is 23.2 Å². The van der Waals surface area contributed by atoms with Crippen LogP contribution in [0.1, 0.15) is 10.4 Å². The van der Waals surface area contributed by atoms with Crippen LogP contribution in [-0.2, 0) is 4.79 Å². The molecule has 1 heterocycles. The molecule has 0 radical (unpaired) electrons. The van der Waals surface area contributed by atoms with Gasteiger partial charge in [0.15, 0.2) is 17.3 Å². The molecule has 0 bridgehead atoms. The van der Waals surface area contributed by atoms with Crippen molar-refractivity contribution in [3.8, 4) is 11.5 Å². The smallest absolute Gasteiger partial charge is 0.478 e. The van der Waals surface area contributed by atoms with Crippen molar-refractivity contribution in [3.63, 3.8) is 0 Å². The zero-order valence-corrected chi connectivity index (χ0v) is 8.72. The molecule has 1 N–H and O–H groups in total. The first kappa shape index (κ1) is 12.0. The van der Waals surface area contributed by atoms with Crippen LogP contribution in [0.25, 0.3) is 0 Å². The Labute approximate surface area is 99.2 Å². The fourth-order valence-electron chi connectivity index (χ4n) is 1.35. The molecule has 0 saturated heterocycles. The Bertz CT molecular complexity index is 550. The van der Waals surface area contributed by atoms with E-state index in [1.807, 2.05) is 0 Å². The van der Waals surface area contributed by atoms with Gasteiger partial charge in [-0.05, 0) is 24.3 Å². The van der Waals surface area contributed by atoms with E-state index >= 15 is 0 Å². The molecule has 0 aliphatic carbocycles. The van der Waals surface area contributed by atoms with Gasteiger partial charge in [0.2, 0.25) is 0 Å². The third-order valence-electron chi connectivity index (χ3n) is 2.06. The van der Waals surface area contributed by atoms with Gasteiger partial charge in [-0.1, -0.05) is 0 Å². The molecule has 2 rings (SSSR count). The highest BCUT2D eigenvalue weighted by Gasteiger charge is 2.43. The van der Waals surface area contributed by atoms with Gasteiger partial charge < -0.3 is 14.6 Å². The number of carbonyl (C=O) groups is 2. The maximum absolute atomic E-state index is 12.7.